The Morgan fingerprint density at radius 3 is 2.86 bits per heavy atom. The lowest BCUT2D eigenvalue weighted by atomic mass is 10.2. The minimum absolute atomic E-state index is 0.00719. The molecule has 2 heterocycles. The Bertz CT molecular complexity index is 1000. The molecule has 152 valence electrons. The summed E-state index contributed by atoms with van der Waals surface area (Å²) >= 11 is 0. The molecule has 1 amide bonds. The van der Waals surface area contributed by atoms with Gasteiger partial charge in [-0.3, -0.25) is 14.5 Å². The quantitative estimate of drug-likeness (QED) is 0.671. The predicted molar refractivity (Wildman–Crippen MR) is 108 cm³/mol. The van der Waals surface area contributed by atoms with Crippen molar-refractivity contribution >= 4 is 26.6 Å². The monoisotopic (exact) mass is 406 g/mol. The lowest BCUT2D eigenvalue weighted by molar-refractivity contribution is -0.123. The number of hydrogen-bond donors (Lipinski definition) is 2. The van der Waals surface area contributed by atoms with E-state index >= 15 is 0 Å². The molecule has 1 fully saturated rings. The molecule has 1 aliphatic rings. The molecule has 0 radical (unpaired) electrons. The number of nitrogens with zero attached hydrogens (tertiary/aromatic N) is 2. The summed E-state index contributed by atoms with van der Waals surface area (Å²) in [5.41, 5.74) is 0.425. The van der Waals surface area contributed by atoms with Crippen molar-refractivity contribution in [2.45, 2.75) is 38.8 Å². The highest BCUT2D eigenvalue weighted by molar-refractivity contribution is 7.91. The summed E-state index contributed by atoms with van der Waals surface area (Å²) < 4.78 is 23.1. The number of sulfone groups is 1. The van der Waals surface area contributed by atoms with Crippen LogP contribution in [0.5, 0.6) is 0 Å². The van der Waals surface area contributed by atoms with Crippen LogP contribution < -0.4 is 10.9 Å². The molecular formula is C19H26N4O4S. The number of amides is 1. The second-order valence-corrected chi connectivity index (χ2v) is 9.49. The van der Waals surface area contributed by atoms with Gasteiger partial charge in [0.25, 0.3) is 5.56 Å². The van der Waals surface area contributed by atoms with Gasteiger partial charge in [-0.15, -0.1) is 0 Å². The lowest BCUT2D eigenvalue weighted by Crippen LogP contribution is -2.43. The Hall–Kier alpha value is -2.26. The SMILES string of the molecule is CCCCN(CC(=O)NC1CCS(=O)(=O)C1)Cc1nc2ccccc2c(=O)[nH]1. The number of carbonyl (C=O) groups is 1. The molecule has 2 aromatic rings. The molecule has 8 nitrogen and oxygen atoms in total. The van der Waals surface area contributed by atoms with E-state index in [1.807, 2.05) is 11.0 Å². The average molecular weight is 407 g/mol. The summed E-state index contributed by atoms with van der Waals surface area (Å²) in [5, 5.41) is 3.35. The third-order valence-corrected chi connectivity index (χ3v) is 6.60. The molecule has 28 heavy (non-hydrogen) atoms. The van der Waals surface area contributed by atoms with Gasteiger partial charge < -0.3 is 10.3 Å². The van der Waals surface area contributed by atoms with E-state index in [2.05, 4.69) is 22.2 Å². The highest BCUT2D eigenvalue weighted by Gasteiger charge is 2.29. The van der Waals surface area contributed by atoms with Crippen LogP contribution in [0.1, 0.15) is 32.0 Å². The largest absolute Gasteiger partial charge is 0.351 e. The Balaban J connectivity index is 1.68. The first-order valence-electron chi connectivity index (χ1n) is 9.56. The van der Waals surface area contributed by atoms with Gasteiger partial charge in [-0.1, -0.05) is 25.5 Å². The molecule has 9 heteroatoms. The van der Waals surface area contributed by atoms with E-state index in [9.17, 15) is 18.0 Å². The molecule has 2 N–H and O–H groups in total. The molecule has 1 aromatic heterocycles. The second kappa shape index (κ2) is 8.83. The molecule has 1 saturated heterocycles. The van der Waals surface area contributed by atoms with Gasteiger partial charge in [-0.25, -0.2) is 13.4 Å². The maximum atomic E-state index is 12.4. The van der Waals surface area contributed by atoms with Gasteiger partial charge in [0.1, 0.15) is 5.82 Å². The number of rotatable bonds is 8. The van der Waals surface area contributed by atoms with Crippen LogP contribution in [0.15, 0.2) is 29.1 Å². The molecule has 3 rings (SSSR count). The maximum absolute atomic E-state index is 12.4. The number of benzene rings is 1. The number of para-hydroxylation sites is 1. The molecule has 0 saturated carbocycles. The van der Waals surface area contributed by atoms with Crippen LogP contribution in [0.2, 0.25) is 0 Å². The van der Waals surface area contributed by atoms with Gasteiger partial charge in [0, 0.05) is 6.04 Å². The zero-order valence-electron chi connectivity index (χ0n) is 16.0. The number of H-pyrrole nitrogens is 1. The van der Waals surface area contributed by atoms with Crippen molar-refractivity contribution in [3.63, 3.8) is 0 Å². The van der Waals surface area contributed by atoms with E-state index in [1.165, 1.54) is 0 Å². The van der Waals surface area contributed by atoms with E-state index in [-0.39, 0.29) is 35.6 Å². The first-order valence-corrected chi connectivity index (χ1v) is 11.4. The minimum Gasteiger partial charge on any atom is -0.351 e. The molecule has 1 unspecified atom stereocenters. The highest BCUT2D eigenvalue weighted by Crippen LogP contribution is 2.12. The Kier molecular flexibility index (Phi) is 6.46. The zero-order chi connectivity index (χ0) is 20.1. The predicted octanol–water partition coefficient (Wildman–Crippen LogP) is 0.829. The number of nitrogens with one attached hydrogen (secondary N) is 2. The van der Waals surface area contributed by atoms with Crippen molar-refractivity contribution in [3.8, 4) is 0 Å². The molecular weight excluding hydrogens is 380 g/mol. The van der Waals surface area contributed by atoms with Crippen LogP contribution in [0.3, 0.4) is 0 Å². The van der Waals surface area contributed by atoms with Crippen LogP contribution in [0, 0.1) is 0 Å². The van der Waals surface area contributed by atoms with E-state index in [1.54, 1.807) is 18.2 Å². The fourth-order valence-corrected chi connectivity index (χ4v) is 5.08. The number of hydrogen-bond acceptors (Lipinski definition) is 6. The Morgan fingerprint density at radius 1 is 1.36 bits per heavy atom. The van der Waals surface area contributed by atoms with Gasteiger partial charge >= 0.3 is 0 Å². The van der Waals surface area contributed by atoms with E-state index < -0.39 is 9.84 Å². The van der Waals surface area contributed by atoms with Gasteiger partial charge in [-0.2, -0.15) is 0 Å². The Morgan fingerprint density at radius 2 is 2.14 bits per heavy atom. The fourth-order valence-electron chi connectivity index (χ4n) is 3.40. The minimum atomic E-state index is -3.04. The molecule has 0 bridgehead atoms. The molecule has 0 spiro atoms. The maximum Gasteiger partial charge on any atom is 0.258 e. The normalized spacial score (nSPS) is 18.6. The van der Waals surface area contributed by atoms with Crippen molar-refractivity contribution < 1.29 is 13.2 Å². The van der Waals surface area contributed by atoms with Crippen molar-refractivity contribution in [2.24, 2.45) is 0 Å². The van der Waals surface area contributed by atoms with Crippen LogP contribution in [0.25, 0.3) is 10.9 Å². The number of carbonyl (C=O) groups excluding carboxylic acids is 1. The molecule has 1 atom stereocenters. The number of unbranched alkanes of at least 4 members (excludes halogenated alkanes) is 1. The summed E-state index contributed by atoms with van der Waals surface area (Å²) in [6.45, 7) is 3.23. The second-order valence-electron chi connectivity index (χ2n) is 7.26. The van der Waals surface area contributed by atoms with Gasteiger partial charge in [-0.05, 0) is 31.5 Å². The van der Waals surface area contributed by atoms with E-state index in [4.69, 9.17) is 0 Å². The first-order chi connectivity index (χ1) is 13.4. The van der Waals surface area contributed by atoms with Crippen LogP contribution >= 0.6 is 0 Å². The summed E-state index contributed by atoms with van der Waals surface area (Å²) in [4.78, 5) is 33.9. The fraction of sp³-hybridized carbons (Fsp3) is 0.526. The standard InChI is InChI=1S/C19H26N4O4S/c1-2-3-9-23(12-18(24)20-14-8-10-28(26,27)13-14)11-17-21-16-7-5-4-6-15(16)19(25)22-17/h4-7,14H,2-3,8-13H2,1H3,(H,20,24)(H,21,22,25). The average Bonchev–Trinajstić information content (AvgIpc) is 2.98. The highest BCUT2D eigenvalue weighted by atomic mass is 32.2. The summed E-state index contributed by atoms with van der Waals surface area (Å²) in [6, 6.07) is 6.82. The molecule has 1 aromatic carbocycles. The van der Waals surface area contributed by atoms with Crippen LogP contribution in [-0.4, -0.2) is 59.8 Å². The zero-order valence-corrected chi connectivity index (χ0v) is 16.8. The smallest absolute Gasteiger partial charge is 0.258 e. The first kappa shape index (κ1) is 20.5. The van der Waals surface area contributed by atoms with Crippen LogP contribution in [0.4, 0.5) is 0 Å². The Labute approximate surface area is 164 Å². The van der Waals surface area contributed by atoms with Crippen molar-refractivity contribution in [1.82, 2.24) is 20.2 Å². The molecule has 0 aliphatic carbocycles. The number of fused-ring (bicyclic) bond motifs is 1. The molecule has 1 aliphatic heterocycles. The van der Waals surface area contributed by atoms with E-state index in [0.717, 1.165) is 12.8 Å². The summed E-state index contributed by atoms with van der Waals surface area (Å²) in [6.07, 6.45) is 2.34. The van der Waals surface area contributed by atoms with E-state index in [0.29, 0.717) is 36.2 Å². The lowest BCUT2D eigenvalue weighted by Gasteiger charge is -2.22. The summed E-state index contributed by atoms with van der Waals surface area (Å²) in [7, 11) is -3.04. The number of aromatic amines is 1. The van der Waals surface area contributed by atoms with Gasteiger partial charge in [0.2, 0.25) is 5.91 Å². The third-order valence-electron chi connectivity index (χ3n) is 4.83. The third kappa shape index (κ3) is 5.39. The summed E-state index contributed by atoms with van der Waals surface area (Å²) in [5.74, 6) is 0.435. The van der Waals surface area contributed by atoms with Crippen molar-refractivity contribution in [3.05, 3.63) is 40.4 Å². The topological polar surface area (TPSA) is 112 Å². The van der Waals surface area contributed by atoms with Gasteiger partial charge in [0.15, 0.2) is 9.84 Å². The number of aromatic nitrogens is 2. The van der Waals surface area contributed by atoms with Crippen molar-refractivity contribution in [2.75, 3.05) is 24.6 Å². The van der Waals surface area contributed by atoms with Crippen LogP contribution in [-0.2, 0) is 21.2 Å². The van der Waals surface area contributed by atoms with Crippen molar-refractivity contribution in [1.29, 1.82) is 0 Å². The van der Waals surface area contributed by atoms with Gasteiger partial charge in [0.05, 0.1) is 35.5 Å².